The van der Waals surface area contributed by atoms with Crippen LogP contribution in [0.4, 0.5) is 0 Å². The molecule has 1 aliphatic heterocycles. The molecule has 176 valence electrons. The van der Waals surface area contributed by atoms with Crippen molar-refractivity contribution in [3.63, 3.8) is 0 Å². The lowest BCUT2D eigenvalue weighted by molar-refractivity contribution is 0.0771. The molecule has 2 N–H and O–H groups in total. The average Bonchev–Trinajstić information content (AvgIpc) is 3.04. The number of hydrogen-bond donors (Lipinski definition) is 2. The van der Waals surface area contributed by atoms with Crippen molar-refractivity contribution in [3.05, 3.63) is 129 Å². The van der Waals surface area contributed by atoms with E-state index in [0.29, 0.717) is 13.2 Å². The minimum atomic E-state index is -0.621. The standard InChI is InChI=1S/C28H25N3O4/c1-30(17-19-9-3-2-4-10-19)28(34)26-27(33)23(32)15-16-31(26)29-25-21-12-6-5-11-20(21)18-35-24-14-8-7-13-22(24)25/h2-16,25,29,33H,17-18H2,1H3. The van der Waals surface area contributed by atoms with Gasteiger partial charge in [-0.2, -0.15) is 0 Å². The van der Waals surface area contributed by atoms with Gasteiger partial charge in [0.15, 0.2) is 11.4 Å². The molecule has 3 aromatic carbocycles. The molecule has 1 aromatic heterocycles. The summed E-state index contributed by atoms with van der Waals surface area (Å²) in [5, 5.41) is 10.7. The minimum absolute atomic E-state index is 0.129. The van der Waals surface area contributed by atoms with Gasteiger partial charge in [0, 0.05) is 31.4 Å². The van der Waals surface area contributed by atoms with E-state index in [4.69, 9.17) is 4.74 Å². The summed E-state index contributed by atoms with van der Waals surface area (Å²) in [6, 6.07) is 26.0. The fourth-order valence-electron chi connectivity index (χ4n) is 4.35. The van der Waals surface area contributed by atoms with E-state index in [1.165, 1.54) is 21.8 Å². The van der Waals surface area contributed by atoms with Crippen molar-refractivity contribution in [1.29, 1.82) is 0 Å². The Morgan fingerprint density at radius 1 is 1.00 bits per heavy atom. The predicted octanol–water partition coefficient (Wildman–Crippen LogP) is 4.05. The van der Waals surface area contributed by atoms with E-state index in [-0.39, 0.29) is 5.69 Å². The molecule has 0 saturated carbocycles. The summed E-state index contributed by atoms with van der Waals surface area (Å²) in [5.74, 6) is -0.361. The van der Waals surface area contributed by atoms with E-state index in [1.807, 2.05) is 78.9 Å². The maximum Gasteiger partial charge on any atom is 0.276 e. The molecular weight excluding hydrogens is 442 g/mol. The Labute approximate surface area is 202 Å². The highest BCUT2D eigenvalue weighted by atomic mass is 16.5. The Morgan fingerprint density at radius 2 is 1.69 bits per heavy atom. The summed E-state index contributed by atoms with van der Waals surface area (Å²) in [4.78, 5) is 27.3. The zero-order valence-electron chi connectivity index (χ0n) is 19.2. The van der Waals surface area contributed by atoms with Crippen LogP contribution in [0.3, 0.4) is 0 Å². The van der Waals surface area contributed by atoms with E-state index in [1.54, 1.807) is 7.05 Å². The number of hydrogen-bond acceptors (Lipinski definition) is 5. The molecular formula is C28H25N3O4. The molecule has 0 bridgehead atoms. The van der Waals surface area contributed by atoms with Crippen LogP contribution in [0.1, 0.15) is 38.8 Å². The summed E-state index contributed by atoms with van der Waals surface area (Å²) >= 11 is 0. The number of pyridine rings is 1. The highest BCUT2D eigenvalue weighted by Crippen LogP contribution is 2.36. The number of para-hydroxylation sites is 1. The van der Waals surface area contributed by atoms with Crippen LogP contribution >= 0.6 is 0 Å². The van der Waals surface area contributed by atoms with Gasteiger partial charge in [0.1, 0.15) is 12.4 Å². The maximum absolute atomic E-state index is 13.5. The van der Waals surface area contributed by atoms with Crippen molar-refractivity contribution in [1.82, 2.24) is 9.58 Å². The Morgan fingerprint density at radius 3 is 2.49 bits per heavy atom. The van der Waals surface area contributed by atoms with Gasteiger partial charge in [-0.3, -0.25) is 14.3 Å². The first-order valence-electron chi connectivity index (χ1n) is 11.3. The van der Waals surface area contributed by atoms with Crippen molar-refractivity contribution in [2.45, 2.75) is 19.2 Å². The zero-order valence-corrected chi connectivity index (χ0v) is 19.2. The molecule has 0 saturated heterocycles. The van der Waals surface area contributed by atoms with Crippen molar-refractivity contribution in [2.75, 3.05) is 12.5 Å². The number of fused-ring (bicyclic) bond motifs is 2. The highest BCUT2D eigenvalue weighted by molar-refractivity contribution is 5.95. The molecule has 1 amide bonds. The number of aromatic nitrogens is 1. The third-order valence-corrected chi connectivity index (χ3v) is 6.13. The molecule has 5 rings (SSSR count). The van der Waals surface area contributed by atoms with Crippen molar-refractivity contribution in [3.8, 4) is 11.5 Å². The Bertz CT molecular complexity index is 1380. The number of rotatable bonds is 5. The van der Waals surface area contributed by atoms with Crippen molar-refractivity contribution in [2.24, 2.45) is 0 Å². The van der Waals surface area contributed by atoms with Crippen LogP contribution in [-0.4, -0.2) is 27.6 Å². The normalized spacial score (nSPS) is 14.1. The molecule has 0 aliphatic carbocycles. The van der Waals surface area contributed by atoms with Crippen LogP contribution in [0.25, 0.3) is 0 Å². The second-order valence-electron chi connectivity index (χ2n) is 8.48. The van der Waals surface area contributed by atoms with Crippen molar-refractivity contribution >= 4 is 5.91 Å². The number of nitrogens with zero attached hydrogens (tertiary/aromatic N) is 2. The first-order chi connectivity index (χ1) is 17.0. The number of benzene rings is 3. The monoisotopic (exact) mass is 467 g/mol. The lowest BCUT2D eigenvalue weighted by atomic mass is 9.95. The van der Waals surface area contributed by atoms with Crippen LogP contribution in [0.15, 0.2) is 95.9 Å². The van der Waals surface area contributed by atoms with Gasteiger partial charge in [0.25, 0.3) is 5.91 Å². The van der Waals surface area contributed by atoms with Crippen LogP contribution in [0.2, 0.25) is 0 Å². The lowest BCUT2D eigenvalue weighted by Crippen LogP contribution is -2.34. The van der Waals surface area contributed by atoms with Gasteiger partial charge in [-0.1, -0.05) is 72.8 Å². The summed E-state index contributed by atoms with van der Waals surface area (Å²) in [6.45, 7) is 0.734. The molecule has 7 heteroatoms. The number of amides is 1. The third kappa shape index (κ3) is 4.36. The van der Waals surface area contributed by atoms with Crippen LogP contribution in [0.5, 0.6) is 11.5 Å². The molecule has 1 unspecified atom stereocenters. The number of aromatic hydroxyl groups is 1. The lowest BCUT2D eigenvalue weighted by Gasteiger charge is -2.26. The number of carbonyl (C=O) groups is 1. The SMILES string of the molecule is CN(Cc1ccccc1)C(=O)c1c(O)c(=O)ccn1NC1c2ccccc2COc2ccccc21. The van der Waals surface area contributed by atoms with Gasteiger partial charge in [-0.15, -0.1) is 0 Å². The van der Waals surface area contributed by atoms with Crippen LogP contribution in [-0.2, 0) is 13.2 Å². The molecule has 0 radical (unpaired) electrons. The molecule has 35 heavy (non-hydrogen) atoms. The summed E-state index contributed by atoms with van der Waals surface area (Å²) in [5.41, 5.74) is 6.41. The van der Waals surface area contributed by atoms with E-state index < -0.39 is 23.1 Å². The highest BCUT2D eigenvalue weighted by Gasteiger charge is 2.28. The van der Waals surface area contributed by atoms with Gasteiger partial charge in [0.05, 0.1) is 6.04 Å². The van der Waals surface area contributed by atoms with E-state index in [2.05, 4.69) is 5.43 Å². The molecule has 7 nitrogen and oxygen atoms in total. The summed E-state index contributed by atoms with van der Waals surface area (Å²) in [7, 11) is 1.64. The largest absolute Gasteiger partial charge is 0.502 e. The van der Waals surface area contributed by atoms with Gasteiger partial charge in [0.2, 0.25) is 5.43 Å². The molecule has 2 heterocycles. The number of nitrogens with one attached hydrogen (secondary N) is 1. The van der Waals surface area contributed by atoms with Gasteiger partial charge in [-0.25, -0.2) is 0 Å². The quantitative estimate of drug-likeness (QED) is 0.463. The topological polar surface area (TPSA) is 83.8 Å². The van der Waals surface area contributed by atoms with Gasteiger partial charge >= 0.3 is 0 Å². The van der Waals surface area contributed by atoms with Crippen LogP contribution < -0.4 is 15.6 Å². The predicted molar refractivity (Wildman–Crippen MR) is 133 cm³/mol. The second kappa shape index (κ2) is 9.38. The number of carbonyl (C=O) groups excluding carboxylic acids is 1. The minimum Gasteiger partial charge on any atom is -0.502 e. The zero-order chi connectivity index (χ0) is 24.4. The molecule has 1 aliphatic rings. The Hall–Kier alpha value is -4.52. The van der Waals surface area contributed by atoms with Gasteiger partial charge < -0.3 is 20.2 Å². The first-order valence-corrected chi connectivity index (χ1v) is 11.3. The summed E-state index contributed by atoms with van der Waals surface area (Å²) in [6.07, 6.45) is 1.47. The van der Waals surface area contributed by atoms with E-state index in [0.717, 1.165) is 28.0 Å². The number of ether oxygens (including phenoxy) is 1. The van der Waals surface area contributed by atoms with Crippen LogP contribution in [0, 0.1) is 0 Å². The Balaban J connectivity index is 1.56. The van der Waals surface area contributed by atoms with Crippen molar-refractivity contribution < 1.29 is 14.6 Å². The summed E-state index contributed by atoms with van der Waals surface area (Å²) < 4.78 is 7.48. The fourth-order valence-corrected chi connectivity index (χ4v) is 4.35. The molecule has 1 atom stereocenters. The molecule has 0 fully saturated rings. The second-order valence-corrected chi connectivity index (χ2v) is 8.48. The maximum atomic E-state index is 13.5. The average molecular weight is 468 g/mol. The first kappa shape index (κ1) is 22.3. The van der Waals surface area contributed by atoms with E-state index >= 15 is 0 Å². The molecule has 4 aromatic rings. The Kier molecular flexibility index (Phi) is 5.97. The van der Waals surface area contributed by atoms with Gasteiger partial charge in [-0.05, 0) is 22.8 Å². The fraction of sp³-hybridized carbons (Fsp3) is 0.143. The molecule has 0 spiro atoms. The van der Waals surface area contributed by atoms with E-state index in [9.17, 15) is 14.7 Å². The smallest absolute Gasteiger partial charge is 0.276 e. The third-order valence-electron chi connectivity index (χ3n) is 6.13.